The summed E-state index contributed by atoms with van der Waals surface area (Å²) < 4.78 is 15.6. The number of hydrogen-bond donors (Lipinski definition) is 0. The van der Waals surface area contributed by atoms with E-state index in [9.17, 15) is 0 Å². The molecule has 3 heteroatoms. The third kappa shape index (κ3) is 5.52. The Morgan fingerprint density at radius 2 is 2.00 bits per heavy atom. The van der Waals surface area contributed by atoms with Gasteiger partial charge in [0.1, 0.15) is 6.10 Å². The van der Waals surface area contributed by atoms with Gasteiger partial charge in [0.2, 0.25) is 0 Å². The van der Waals surface area contributed by atoms with Gasteiger partial charge in [0.15, 0.2) is 0 Å². The van der Waals surface area contributed by atoms with Crippen molar-refractivity contribution in [3.8, 4) is 0 Å². The number of rotatable bonds is 8. The zero-order valence-electron chi connectivity index (χ0n) is 7.75. The Balaban J connectivity index is 1.65. The normalized spacial score (nSPS) is 21.2. The van der Waals surface area contributed by atoms with Gasteiger partial charge in [-0.2, -0.15) is 0 Å². The minimum Gasteiger partial charge on any atom is -0.381 e. The number of ether oxygens (including phenoxy) is 3. The summed E-state index contributed by atoms with van der Waals surface area (Å²) in [6.07, 6.45) is 2.48. The minimum atomic E-state index is 0.390. The van der Waals surface area contributed by atoms with Gasteiger partial charge in [-0.1, -0.05) is 6.92 Å². The van der Waals surface area contributed by atoms with Crippen LogP contribution in [0.4, 0.5) is 0 Å². The van der Waals surface area contributed by atoms with Crippen LogP contribution < -0.4 is 0 Å². The summed E-state index contributed by atoms with van der Waals surface area (Å²) in [4.78, 5) is 0. The van der Waals surface area contributed by atoms with Crippen LogP contribution in [0, 0.1) is 0 Å². The first-order chi connectivity index (χ1) is 5.93. The SMILES string of the molecule is CCCOCCCOCC1CO1. The van der Waals surface area contributed by atoms with E-state index in [0.717, 1.165) is 45.9 Å². The van der Waals surface area contributed by atoms with E-state index in [1.54, 1.807) is 0 Å². The maximum absolute atomic E-state index is 5.33. The van der Waals surface area contributed by atoms with Gasteiger partial charge in [-0.15, -0.1) is 0 Å². The molecule has 1 aliphatic heterocycles. The molecular formula is C9H18O3. The molecule has 1 unspecified atom stereocenters. The summed E-state index contributed by atoms with van der Waals surface area (Å²) in [5.41, 5.74) is 0. The van der Waals surface area contributed by atoms with Crippen molar-refractivity contribution in [1.82, 2.24) is 0 Å². The van der Waals surface area contributed by atoms with E-state index in [4.69, 9.17) is 14.2 Å². The van der Waals surface area contributed by atoms with Gasteiger partial charge in [0.25, 0.3) is 0 Å². The van der Waals surface area contributed by atoms with E-state index in [2.05, 4.69) is 6.92 Å². The molecule has 0 spiro atoms. The number of hydrogen-bond acceptors (Lipinski definition) is 3. The smallest absolute Gasteiger partial charge is 0.104 e. The summed E-state index contributed by atoms with van der Waals surface area (Å²) in [5.74, 6) is 0. The molecule has 72 valence electrons. The van der Waals surface area contributed by atoms with Crippen molar-refractivity contribution in [2.45, 2.75) is 25.9 Å². The Bertz CT molecular complexity index is 102. The second-order valence-corrected chi connectivity index (χ2v) is 3.00. The summed E-state index contributed by atoms with van der Waals surface area (Å²) in [6, 6.07) is 0. The highest BCUT2D eigenvalue weighted by molar-refractivity contribution is 4.66. The van der Waals surface area contributed by atoms with Gasteiger partial charge in [0.05, 0.1) is 13.2 Å². The molecule has 1 aliphatic rings. The van der Waals surface area contributed by atoms with Crippen LogP contribution in [0.3, 0.4) is 0 Å². The Kier molecular flexibility index (Phi) is 5.32. The van der Waals surface area contributed by atoms with Crippen molar-refractivity contribution in [3.05, 3.63) is 0 Å². The molecule has 0 amide bonds. The van der Waals surface area contributed by atoms with Crippen LogP contribution in [0.25, 0.3) is 0 Å². The fraction of sp³-hybridized carbons (Fsp3) is 1.00. The Labute approximate surface area is 74.0 Å². The lowest BCUT2D eigenvalue weighted by atomic mass is 10.4. The topological polar surface area (TPSA) is 31.0 Å². The summed E-state index contributed by atoms with van der Waals surface area (Å²) in [7, 11) is 0. The molecule has 0 N–H and O–H groups in total. The lowest BCUT2D eigenvalue weighted by Crippen LogP contribution is -2.05. The molecule has 0 radical (unpaired) electrons. The van der Waals surface area contributed by atoms with Gasteiger partial charge < -0.3 is 14.2 Å². The molecule has 1 saturated heterocycles. The molecule has 1 rings (SSSR count). The van der Waals surface area contributed by atoms with Crippen LogP contribution in [0.15, 0.2) is 0 Å². The summed E-state index contributed by atoms with van der Waals surface area (Å²) >= 11 is 0. The second-order valence-electron chi connectivity index (χ2n) is 3.00. The fourth-order valence-corrected chi connectivity index (χ4v) is 0.888. The van der Waals surface area contributed by atoms with E-state index in [1.807, 2.05) is 0 Å². The Morgan fingerprint density at radius 1 is 1.25 bits per heavy atom. The zero-order chi connectivity index (χ0) is 8.65. The van der Waals surface area contributed by atoms with Gasteiger partial charge in [0, 0.05) is 19.8 Å². The van der Waals surface area contributed by atoms with Crippen molar-refractivity contribution < 1.29 is 14.2 Å². The molecule has 1 fully saturated rings. The molecule has 0 bridgehead atoms. The molecule has 1 heterocycles. The molecule has 3 nitrogen and oxygen atoms in total. The summed E-state index contributed by atoms with van der Waals surface area (Å²) in [6.45, 7) is 6.23. The zero-order valence-corrected chi connectivity index (χ0v) is 7.75. The van der Waals surface area contributed by atoms with Gasteiger partial charge in [-0.05, 0) is 12.8 Å². The van der Waals surface area contributed by atoms with E-state index < -0.39 is 0 Å². The lowest BCUT2D eigenvalue weighted by molar-refractivity contribution is 0.0758. The lowest BCUT2D eigenvalue weighted by Gasteiger charge is -2.02. The third-order valence-corrected chi connectivity index (χ3v) is 1.63. The maximum Gasteiger partial charge on any atom is 0.104 e. The molecule has 12 heavy (non-hydrogen) atoms. The van der Waals surface area contributed by atoms with Gasteiger partial charge in [-0.25, -0.2) is 0 Å². The molecule has 0 aliphatic carbocycles. The highest BCUT2D eigenvalue weighted by Crippen LogP contribution is 2.08. The van der Waals surface area contributed by atoms with E-state index in [1.165, 1.54) is 0 Å². The van der Waals surface area contributed by atoms with Crippen molar-refractivity contribution in [3.63, 3.8) is 0 Å². The van der Waals surface area contributed by atoms with Crippen molar-refractivity contribution in [2.75, 3.05) is 33.0 Å². The van der Waals surface area contributed by atoms with Crippen molar-refractivity contribution in [1.29, 1.82) is 0 Å². The molecular weight excluding hydrogens is 156 g/mol. The number of epoxide rings is 1. The monoisotopic (exact) mass is 174 g/mol. The minimum absolute atomic E-state index is 0.390. The predicted octanol–water partition coefficient (Wildman–Crippen LogP) is 1.22. The first kappa shape index (κ1) is 9.96. The van der Waals surface area contributed by atoms with Gasteiger partial charge >= 0.3 is 0 Å². The highest BCUT2D eigenvalue weighted by Gasteiger charge is 2.21. The standard InChI is InChI=1S/C9H18O3/c1-2-4-10-5-3-6-11-7-9-8-12-9/h9H,2-8H2,1H3. The quantitative estimate of drug-likeness (QED) is 0.409. The average molecular weight is 174 g/mol. The van der Waals surface area contributed by atoms with E-state index >= 15 is 0 Å². The van der Waals surface area contributed by atoms with E-state index in [-0.39, 0.29) is 0 Å². The Hall–Kier alpha value is -0.120. The first-order valence-corrected chi connectivity index (χ1v) is 4.70. The Morgan fingerprint density at radius 3 is 2.67 bits per heavy atom. The molecule has 0 aromatic heterocycles. The second kappa shape index (κ2) is 6.40. The fourth-order valence-electron chi connectivity index (χ4n) is 0.888. The van der Waals surface area contributed by atoms with Crippen LogP contribution in [-0.2, 0) is 14.2 Å². The first-order valence-electron chi connectivity index (χ1n) is 4.70. The summed E-state index contributed by atoms with van der Waals surface area (Å²) in [5, 5.41) is 0. The van der Waals surface area contributed by atoms with Gasteiger partial charge in [-0.3, -0.25) is 0 Å². The van der Waals surface area contributed by atoms with Crippen molar-refractivity contribution >= 4 is 0 Å². The largest absolute Gasteiger partial charge is 0.381 e. The third-order valence-electron chi connectivity index (χ3n) is 1.63. The molecule has 1 atom stereocenters. The highest BCUT2D eigenvalue weighted by atomic mass is 16.6. The van der Waals surface area contributed by atoms with E-state index in [0.29, 0.717) is 6.10 Å². The average Bonchev–Trinajstić information content (AvgIpc) is 2.87. The maximum atomic E-state index is 5.33. The van der Waals surface area contributed by atoms with Crippen LogP contribution in [0.1, 0.15) is 19.8 Å². The van der Waals surface area contributed by atoms with Crippen LogP contribution in [-0.4, -0.2) is 39.1 Å². The molecule has 0 aromatic carbocycles. The predicted molar refractivity (Wildman–Crippen MR) is 46.3 cm³/mol. The van der Waals surface area contributed by atoms with Crippen LogP contribution >= 0.6 is 0 Å². The van der Waals surface area contributed by atoms with Crippen LogP contribution in [0.5, 0.6) is 0 Å². The molecule has 0 aromatic rings. The van der Waals surface area contributed by atoms with Crippen LogP contribution in [0.2, 0.25) is 0 Å². The van der Waals surface area contributed by atoms with Crippen molar-refractivity contribution in [2.24, 2.45) is 0 Å². The molecule has 0 saturated carbocycles.